The third-order valence-electron chi connectivity index (χ3n) is 2.30. The van der Waals surface area contributed by atoms with Crippen molar-refractivity contribution in [1.29, 1.82) is 0 Å². The van der Waals surface area contributed by atoms with Gasteiger partial charge < -0.3 is 5.32 Å². The maximum atomic E-state index is 4.37. The van der Waals surface area contributed by atoms with Gasteiger partial charge in [-0.25, -0.2) is 9.50 Å². The highest BCUT2D eigenvalue weighted by Crippen LogP contribution is 2.13. The Balaban J connectivity index is 1.94. The van der Waals surface area contributed by atoms with Gasteiger partial charge in [0, 0.05) is 18.1 Å². The van der Waals surface area contributed by atoms with Crippen LogP contribution >= 0.6 is 0 Å². The normalized spacial score (nSPS) is 10.5. The summed E-state index contributed by atoms with van der Waals surface area (Å²) in [5.74, 6) is 0.803. The molecule has 0 radical (unpaired) electrons. The predicted octanol–water partition coefficient (Wildman–Crippen LogP) is 2.47. The first-order chi connectivity index (χ1) is 7.92. The van der Waals surface area contributed by atoms with E-state index in [1.807, 2.05) is 48.7 Å². The molecule has 0 aliphatic carbocycles. The molecule has 0 fully saturated rings. The summed E-state index contributed by atoms with van der Waals surface area (Å²) in [7, 11) is 0. The van der Waals surface area contributed by atoms with Crippen molar-refractivity contribution in [3.05, 3.63) is 54.9 Å². The highest BCUT2D eigenvalue weighted by molar-refractivity contribution is 5.56. The van der Waals surface area contributed by atoms with Gasteiger partial charge in [0.2, 0.25) is 0 Å². The Bertz CT molecular complexity index is 600. The van der Waals surface area contributed by atoms with E-state index in [0.29, 0.717) is 0 Å². The molecular weight excluding hydrogens is 200 g/mol. The molecule has 0 amide bonds. The molecule has 4 nitrogen and oxygen atoms in total. The molecule has 0 bridgehead atoms. The molecule has 0 atom stereocenters. The minimum absolute atomic E-state index is 0.803. The van der Waals surface area contributed by atoms with E-state index in [2.05, 4.69) is 15.4 Å². The zero-order chi connectivity index (χ0) is 10.8. The van der Waals surface area contributed by atoms with E-state index in [4.69, 9.17) is 0 Å². The molecule has 0 spiro atoms. The lowest BCUT2D eigenvalue weighted by Gasteiger charge is -2.04. The first kappa shape index (κ1) is 8.91. The third kappa shape index (κ3) is 1.61. The van der Waals surface area contributed by atoms with Crippen LogP contribution < -0.4 is 5.32 Å². The summed E-state index contributed by atoms with van der Waals surface area (Å²) >= 11 is 0. The molecule has 0 saturated carbocycles. The van der Waals surface area contributed by atoms with Gasteiger partial charge in [-0.1, -0.05) is 18.2 Å². The zero-order valence-corrected chi connectivity index (χ0v) is 8.54. The van der Waals surface area contributed by atoms with Gasteiger partial charge in [0.25, 0.3) is 0 Å². The van der Waals surface area contributed by atoms with Gasteiger partial charge in [-0.15, -0.1) is 5.10 Å². The van der Waals surface area contributed by atoms with Crippen LogP contribution in [0.1, 0.15) is 0 Å². The second-order valence-corrected chi connectivity index (χ2v) is 3.44. The molecule has 0 aliphatic heterocycles. The second-order valence-electron chi connectivity index (χ2n) is 3.44. The molecule has 78 valence electrons. The smallest absolute Gasteiger partial charge is 0.153 e. The molecule has 1 aromatic carbocycles. The Hall–Kier alpha value is -2.36. The molecule has 3 rings (SSSR count). The van der Waals surface area contributed by atoms with Gasteiger partial charge >= 0.3 is 0 Å². The van der Waals surface area contributed by atoms with Gasteiger partial charge in [0.05, 0.1) is 0 Å². The highest BCUT2D eigenvalue weighted by atomic mass is 15.3. The van der Waals surface area contributed by atoms with E-state index < -0.39 is 0 Å². The Morgan fingerprint density at radius 2 is 1.88 bits per heavy atom. The van der Waals surface area contributed by atoms with Gasteiger partial charge in [0.15, 0.2) is 11.5 Å². The van der Waals surface area contributed by atoms with E-state index in [1.54, 1.807) is 10.7 Å². The van der Waals surface area contributed by atoms with Crippen molar-refractivity contribution in [3.63, 3.8) is 0 Å². The first-order valence-electron chi connectivity index (χ1n) is 5.04. The second kappa shape index (κ2) is 3.66. The van der Waals surface area contributed by atoms with Crippen LogP contribution in [-0.2, 0) is 0 Å². The number of imidazole rings is 1. The van der Waals surface area contributed by atoms with Crippen molar-refractivity contribution in [2.75, 3.05) is 5.32 Å². The molecule has 0 aliphatic rings. The lowest BCUT2D eigenvalue weighted by atomic mass is 10.3. The maximum Gasteiger partial charge on any atom is 0.153 e. The lowest BCUT2D eigenvalue weighted by molar-refractivity contribution is 0.942. The Kier molecular flexibility index (Phi) is 2.04. The average molecular weight is 210 g/mol. The number of rotatable bonds is 2. The SMILES string of the molecule is c1ccc(Nc2ccc3nccn3n2)cc1. The Labute approximate surface area is 92.6 Å². The molecule has 2 heterocycles. The van der Waals surface area contributed by atoms with Gasteiger partial charge in [-0.05, 0) is 24.3 Å². The van der Waals surface area contributed by atoms with Crippen molar-refractivity contribution in [1.82, 2.24) is 14.6 Å². The van der Waals surface area contributed by atoms with Crippen molar-refractivity contribution in [3.8, 4) is 0 Å². The fourth-order valence-corrected chi connectivity index (χ4v) is 1.55. The van der Waals surface area contributed by atoms with Crippen LogP contribution in [0.5, 0.6) is 0 Å². The molecule has 2 aromatic heterocycles. The molecule has 0 unspecified atom stereocenters. The molecule has 16 heavy (non-hydrogen) atoms. The number of anilines is 2. The van der Waals surface area contributed by atoms with E-state index in [-0.39, 0.29) is 0 Å². The summed E-state index contributed by atoms with van der Waals surface area (Å²) in [6, 6.07) is 13.8. The Morgan fingerprint density at radius 3 is 2.75 bits per heavy atom. The monoisotopic (exact) mass is 210 g/mol. The van der Waals surface area contributed by atoms with E-state index >= 15 is 0 Å². The van der Waals surface area contributed by atoms with Gasteiger partial charge in [-0.2, -0.15) is 0 Å². The van der Waals surface area contributed by atoms with Gasteiger partial charge in [-0.3, -0.25) is 0 Å². The number of nitrogens with one attached hydrogen (secondary N) is 1. The van der Waals surface area contributed by atoms with Crippen LogP contribution in [0.3, 0.4) is 0 Å². The number of aromatic nitrogens is 3. The Morgan fingerprint density at radius 1 is 1.00 bits per heavy atom. The summed E-state index contributed by atoms with van der Waals surface area (Å²) < 4.78 is 1.74. The highest BCUT2D eigenvalue weighted by Gasteiger charge is 1.98. The van der Waals surface area contributed by atoms with Crippen LogP contribution in [-0.4, -0.2) is 14.6 Å². The van der Waals surface area contributed by atoms with E-state index in [1.165, 1.54) is 0 Å². The number of hydrogen-bond acceptors (Lipinski definition) is 3. The van der Waals surface area contributed by atoms with Crippen LogP contribution in [0.4, 0.5) is 11.5 Å². The summed E-state index contributed by atoms with van der Waals surface area (Å²) in [4.78, 5) is 4.14. The van der Waals surface area contributed by atoms with Crippen LogP contribution in [0.25, 0.3) is 5.65 Å². The lowest BCUT2D eigenvalue weighted by Crippen LogP contribution is -1.97. The average Bonchev–Trinajstić information content (AvgIpc) is 2.77. The quantitative estimate of drug-likeness (QED) is 0.706. The predicted molar refractivity (Wildman–Crippen MR) is 62.7 cm³/mol. The van der Waals surface area contributed by atoms with E-state index in [0.717, 1.165) is 17.2 Å². The number of para-hydroxylation sites is 1. The molecular formula is C12H10N4. The van der Waals surface area contributed by atoms with Gasteiger partial charge in [0.1, 0.15) is 0 Å². The minimum Gasteiger partial charge on any atom is -0.339 e. The van der Waals surface area contributed by atoms with Crippen LogP contribution in [0.15, 0.2) is 54.9 Å². The van der Waals surface area contributed by atoms with Crippen molar-refractivity contribution < 1.29 is 0 Å². The number of hydrogen-bond donors (Lipinski definition) is 1. The summed E-state index contributed by atoms with van der Waals surface area (Å²) in [5.41, 5.74) is 1.87. The summed E-state index contributed by atoms with van der Waals surface area (Å²) in [6.07, 6.45) is 3.56. The molecule has 3 aromatic rings. The maximum absolute atomic E-state index is 4.37. The van der Waals surface area contributed by atoms with E-state index in [9.17, 15) is 0 Å². The number of nitrogens with zero attached hydrogens (tertiary/aromatic N) is 3. The summed E-state index contributed by atoms with van der Waals surface area (Å²) in [5, 5.41) is 7.60. The molecule has 0 saturated heterocycles. The third-order valence-corrected chi connectivity index (χ3v) is 2.30. The number of fused-ring (bicyclic) bond motifs is 1. The topological polar surface area (TPSA) is 42.2 Å². The molecule has 1 N–H and O–H groups in total. The minimum atomic E-state index is 0.803. The first-order valence-corrected chi connectivity index (χ1v) is 5.04. The fourth-order valence-electron chi connectivity index (χ4n) is 1.55. The van der Waals surface area contributed by atoms with Crippen molar-refractivity contribution in [2.24, 2.45) is 0 Å². The zero-order valence-electron chi connectivity index (χ0n) is 8.54. The fraction of sp³-hybridized carbons (Fsp3) is 0. The largest absolute Gasteiger partial charge is 0.339 e. The van der Waals surface area contributed by atoms with Crippen molar-refractivity contribution >= 4 is 17.2 Å². The van der Waals surface area contributed by atoms with Crippen LogP contribution in [0.2, 0.25) is 0 Å². The van der Waals surface area contributed by atoms with Crippen molar-refractivity contribution in [2.45, 2.75) is 0 Å². The number of benzene rings is 1. The summed E-state index contributed by atoms with van der Waals surface area (Å²) in [6.45, 7) is 0. The van der Waals surface area contributed by atoms with Crippen LogP contribution in [0, 0.1) is 0 Å². The molecule has 4 heteroatoms. The standard InChI is InChI=1S/C12H10N4/c1-2-4-10(5-3-1)14-11-6-7-12-13-8-9-16(12)15-11/h1-9H,(H,14,15).